The van der Waals surface area contributed by atoms with Gasteiger partial charge in [0.25, 0.3) is 0 Å². The molecule has 0 saturated heterocycles. The highest BCUT2D eigenvalue weighted by Gasteiger charge is 2.09. The molecule has 0 aromatic carbocycles. The zero-order valence-electron chi connectivity index (χ0n) is 9.22. The van der Waals surface area contributed by atoms with Crippen LogP contribution in [0.3, 0.4) is 0 Å². The highest BCUT2D eigenvalue weighted by molar-refractivity contribution is 9.10. The maximum absolute atomic E-state index is 5.54. The van der Waals surface area contributed by atoms with Crippen molar-refractivity contribution in [2.75, 3.05) is 17.6 Å². The molecule has 7 heteroatoms. The maximum Gasteiger partial charge on any atom is 0.221 e. The van der Waals surface area contributed by atoms with Crippen molar-refractivity contribution in [1.29, 1.82) is 0 Å². The number of rotatable bonds is 4. The van der Waals surface area contributed by atoms with Crippen molar-refractivity contribution >= 4 is 39.0 Å². The Morgan fingerprint density at radius 2 is 2.35 bits per heavy atom. The Morgan fingerprint density at radius 1 is 1.53 bits per heavy atom. The Labute approximate surface area is 112 Å². The van der Waals surface area contributed by atoms with Crippen LogP contribution in [0.2, 0.25) is 0 Å². The van der Waals surface area contributed by atoms with Crippen LogP contribution in [-0.2, 0) is 0 Å². The van der Waals surface area contributed by atoms with E-state index in [-0.39, 0.29) is 5.95 Å². The molecule has 0 saturated carbocycles. The van der Waals surface area contributed by atoms with Crippen LogP contribution in [0.5, 0.6) is 0 Å². The molecule has 2 aromatic rings. The molecule has 0 aliphatic heterocycles. The predicted octanol–water partition coefficient (Wildman–Crippen LogP) is 2.49. The van der Waals surface area contributed by atoms with Crippen molar-refractivity contribution in [2.24, 2.45) is 0 Å². The van der Waals surface area contributed by atoms with Gasteiger partial charge >= 0.3 is 0 Å². The number of aromatic nitrogens is 3. The summed E-state index contributed by atoms with van der Waals surface area (Å²) in [5.41, 5.74) is 5.54. The van der Waals surface area contributed by atoms with Crippen LogP contribution < -0.4 is 11.1 Å². The zero-order chi connectivity index (χ0) is 12.3. The van der Waals surface area contributed by atoms with E-state index in [2.05, 4.69) is 43.1 Å². The number of halogens is 1. The molecule has 17 heavy (non-hydrogen) atoms. The Hall–Kier alpha value is -1.21. The van der Waals surface area contributed by atoms with E-state index in [1.165, 1.54) is 0 Å². The van der Waals surface area contributed by atoms with Crippen LogP contribution in [0.15, 0.2) is 22.2 Å². The van der Waals surface area contributed by atoms with Gasteiger partial charge in [-0.05, 0) is 15.9 Å². The van der Waals surface area contributed by atoms with Gasteiger partial charge in [-0.15, -0.1) is 11.3 Å². The average Bonchev–Trinajstić information content (AvgIpc) is 2.83. The topological polar surface area (TPSA) is 76.7 Å². The minimum absolute atomic E-state index is 0.262. The van der Waals surface area contributed by atoms with Crippen LogP contribution in [0.1, 0.15) is 17.8 Å². The lowest BCUT2D eigenvalue weighted by Crippen LogP contribution is -2.12. The highest BCUT2D eigenvalue weighted by Crippen LogP contribution is 2.22. The number of nitrogens with zero attached hydrogens (tertiary/aromatic N) is 3. The van der Waals surface area contributed by atoms with Crippen LogP contribution in [0, 0.1) is 0 Å². The molecule has 2 rings (SSSR count). The lowest BCUT2D eigenvalue weighted by atomic mass is 10.2. The number of anilines is 2. The number of nitrogens with two attached hydrogens (primary N) is 1. The SMILES string of the molecule is CC(CNc1nc(N)ncc1Br)c1nccs1. The normalized spacial score (nSPS) is 12.4. The monoisotopic (exact) mass is 313 g/mol. The van der Waals surface area contributed by atoms with Gasteiger partial charge in [-0.2, -0.15) is 4.98 Å². The molecule has 0 aliphatic carbocycles. The van der Waals surface area contributed by atoms with E-state index in [1.807, 2.05) is 11.6 Å². The maximum atomic E-state index is 5.54. The molecule has 1 unspecified atom stereocenters. The summed E-state index contributed by atoms with van der Waals surface area (Å²) >= 11 is 5.03. The fraction of sp³-hybridized carbons (Fsp3) is 0.300. The summed E-state index contributed by atoms with van der Waals surface area (Å²) in [5.74, 6) is 1.30. The standard InChI is InChI=1S/C10H12BrN5S/c1-6(9-13-2-3-17-9)4-14-8-7(11)5-15-10(12)16-8/h2-3,5-6H,4H2,1H3,(H3,12,14,15,16). The smallest absolute Gasteiger partial charge is 0.221 e. The fourth-order valence-electron chi connectivity index (χ4n) is 1.32. The van der Waals surface area contributed by atoms with Gasteiger partial charge in [0.1, 0.15) is 5.82 Å². The van der Waals surface area contributed by atoms with Crippen LogP contribution >= 0.6 is 27.3 Å². The van der Waals surface area contributed by atoms with Gasteiger partial charge in [-0.1, -0.05) is 6.92 Å². The number of nitrogen functional groups attached to an aromatic ring is 1. The van der Waals surface area contributed by atoms with E-state index in [9.17, 15) is 0 Å². The molecule has 0 amide bonds. The van der Waals surface area contributed by atoms with Gasteiger partial charge in [0.2, 0.25) is 5.95 Å². The first kappa shape index (κ1) is 12.3. The Morgan fingerprint density at radius 3 is 3.06 bits per heavy atom. The molecule has 90 valence electrons. The van der Waals surface area contributed by atoms with E-state index in [4.69, 9.17) is 5.73 Å². The first-order valence-corrected chi connectivity index (χ1v) is 6.75. The molecule has 0 fully saturated rings. The number of hydrogen-bond donors (Lipinski definition) is 2. The fourth-order valence-corrected chi connectivity index (χ4v) is 2.35. The molecular weight excluding hydrogens is 302 g/mol. The number of thiazole rings is 1. The molecule has 0 bridgehead atoms. The summed E-state index contributed by atoms with van der Waals surface area (Å²) in [4.78, 5) is 12.3. The second kappa shape index (κ2) is 5.42. The van der Waals surface area contributed by atoms with Gasteiger partial charge in [-0.25, -0.2) is 9.97 Å². The number of hydrogen-bond acceptors (Lipinski definition) is 6. The van der Waals surface area contributed by atoms with Gasteiger partial charge < -0.3 is 11.1 Å². The van der Waals surface area contributed by atoms with Crippen LogP contribution in [0.25, 0.3) is 0 Å². The largest absolute Gasteiger partial charge is 0.368 e. The molecule has 3 N–H and O–H groups in total. The summed E-state index contributed by atoms with van der Waals surface area (Å²) in [6, 6.07) is 0. The van der Waals surface area contributed by atoms with Crippen molar-refractivity contribution in [3.63, 3.8) is 0 Å². The molecule has 1 atom stereocenters. The summed E-state index contributed by atoms with van der Waals surface area (Å²) < 4.78 is 0.804. The third-order valence-corrected chi connectivity index (χ3v) is 3.80. The van der Waals surface area contributed by atoms with E-state index in [0.717, 1.165) is 16.0 Å². The van der Waals surface area contributed by atoms with Gasteiger partial charge in [0, 0.05) is 30.2 Å². The van der Waals surface area contributed by atoms with Crippen molar-refractivity contribution in [1.82, 2.24) is 15.0 Å². The molecule has 0 radical (unpaired) electrons. The zero-order valence-corrected chi connectivity index (χ0v) is 11.6. The molecule has 0 aliphatic rings. The second-order valence-electron chi connectivity index (χ2n) is 3.58. The number of nitrogens with one attached hydrogen (secondary N) is 1. The minimum Gasteiger partial charge on any atom is -0.368 e. The quantitative estimate of drug-likeness (QED) is 0.907. The molecule has 5 nitrogen and oxygen atoms in total. The summed E-state index contributed by atoms with van der Waals surface area (Å²) in [6.07, 6.45) is 3.45. The Balaban J connectivity index is 2.00. The molecule has 0 spiro atoms. The van der Waals surface area contributed by atoms with Crippen molar-refractivity contribution in [2.45, 2.75) is 12.8 Å². The van der Waals surface area contributed by atoms with E-state index in [1.54, 1.807) is 17.5 Å². The third-order valence-electron chi connectivity index (χ3n) is 2.21. The third kappa shape index (κ3) is 3.13. The van der Waals surface area contributed by atoms with E-state index >= 15 is 0 Å². The molecule has 2 aromatic heterocycles. The van der Waals surface area contributed by atoms with Crippen molar-refractivity contribution in [3.8, 4) is 0 Å². The highest BCUT2D eigenvalue weighted by atomic mass is 79.9. The van der Waals surface area contributed by atoms with Gasteiger partial charge in [-0.3, -0.25) is 0 Å². The van der Waals surface area contributed by atoms with E-state index in [0.29, 0.717) is 11.7 Å². The van der Waals surface area contributed by atoms with Crippen LogP contribution in [0.4, 0.5) is 11.8 Å². The van der Waals surface area contributed by atoms with Gasteiger partial charge in [0.15, 0.2) is 0 Å². The second-order valence-corrected chi connectivity index (χ2v) is 5.36. The summed E-state index contributed by atoms with van der Waals surface area (Å²) in [5, 5.41) is 6.31. The minimum atomic E-state index is 0.262. The lowest BCUT2D eigenvalue weighted by molar-refractivity contribution is 0.791. The molecule has 2 heterocycles. The van der Waals surface area contributed by atoms with Crippen LogP contribution in [-0.4, -0.2) is 21.5 Å². The molecular formula is C10H12BrN5S. The Bertz CT molecular complexity index is 487. The first-order chi connectivity index (χ1) is 8.16. The predicted molar refractivity (Wildman–Crippen MR) is 73.2 cm³/mol. The van der Waals surface area contributed by atoms with Gasteiger partial charge in [0.05, 0.1) is 9.48 Å². The van der Waals surface area contributed by atoms with Crippen molar-refractivity contribution < 1.29 is 0 Å². The lowest BCUT2D eigenvalue weighted by Gasteiger charge is -2.11. The Kier molecular flexibility index (Phi) is 3.90. The average molecular weight is 314 g/mol. The van der Waals surface area contributed by atoms with E-state index < -0.39 is 0 Å². The summed E-state index contributed by atoms with van der Waals surface area (Å²) in [7, 11) is 0. The summed E-state index contributed by atoms with van der Waals surface area (Å²) in [6.45, 7) is 2.87. The van der Waals surface area contributed by atoms with Crippen molar-refractivity contribution in [3.05, 3.63) is 27.3 Å². The first-order valence-electron chi connectivity index (χ1n) is 5.08.